The highest BCUT2D eigenvalue weighted by molar-refractivity contribution is 5.85. The minimum Gasteiger partial charge on any atom is -0.429 e. The third-order valence-electron chi connectivity index (χ3n) is 4.63. The summed E-state index contributed by atoms with van der Waals surface area (Å²) in [6.07, 6.45) is 4.26. The van der Waals surface area contributed by atoms with Crippen molar-refractivity contribution in [3.63, 3.8) is 0 Å². The standard InChI is InChI=1S/C24H19F5O/c1-2-3-4-5-15-7-11-19-18(12-15)10-9-17(22(19)27)8-6-16-13-20(25)23(21(26)14-16)30-24(28)29/h7,9-14,24H,2-5H2,1H3. The van der Waals surface area contributed by atoms with Gasteiger partial charge in [0, 0.05) is 10.9 Å². The molecule has 0 fully saturated rings. The van der Waals surface area contributed by atoms with Gasteiger partial charge >= 0.3 is 6.61 Å². The van der Waals surface area contributed by atoms with Gasteiger partial charge in [0.1, 0.15) is 5.82 Å². The number of unbranched alkanes of at least 4 members (excludes halogenated alkanes) is 2. The van der Waals surface area contributed by atoms with Crippen LogP contribution in [0.1, 0.15) is 42.9 Å². The predicted molar refractivity (Wildman–Crippen MR) is 106 cm³/mol. The molecule has 156 valence electrons. The lowest BCUT2D eigenvalue weighted by Crippen LogP contribution is -2.06. The lowest BCUT2D eigenvalue weighted by atomic mass is 10.0. The Kier molecular flexibility index (Phi) is 6.94. The van der Waals surface area contributed by atoms with Crippen molar-refractivity contribution in [2.45, 2.75) is 39.2 Å². The summed E-state index contributed by atoms with van der Waals surface area (Å²) in [4.78, 5) is 0. The van der Waals surface area contributed by atoms with Gasteiger partial charge in [0.2, 0.25) is 0 Å². The quantitative estimate of drug-likeness (QED) is 0.238. The molecule has 1 nitrogen and oxygen atoms in total. The zero-order valence-corrected chi connectivity index (χ0v) is 16.2. The summed E-state index contributed by atoms with van der Waals surface area (Å²) in [6.45, 7) is -1.23. The van der Waals surface area contributed by atoms with E-state index >= 15 is 0 Å². The average Bonchev–Trinajstić information content (AvgIpc) is 2.70. The molecule has 0 aromatic heterocycles. The van der Waals surface area contributed by atoms with Crippen LogP contribution in [-0.4, -0.2) is 6.61 Å². The molecule has 0 N–H and O–H groups in total. The average molecular weight is 418 g/mol. The first kappa shape index (κ1) is 21.6. The van der Waals surface area contributed by atoms with Gasteiger partial charge in [-0.25, -0.2) is 13.2 Å². The van der Waals surface area contributed by atoms with Crippen molar-refractivity contribution in [3.05, 3.63) is 76.6 Å². The van der Waals surface area contributed by atoms with Crippen LogP contribution >= 0.6 is 0 Å². The summed E-state index contributed by atoms with van der Waals surface area (Å²) in [5, 5.41) is 1.15. The molecule has 0 aliphatic rings. The third-order valence-corrected chi connectivity index (χ3v) is 4.63. The monoisotopic (exact) mass is 418 g/mol. The van der Waals surface area contributed by atoms with E-state index in [1.807, 2.05) is 12.1 Å². The molecule has 0 bridgehead atoms. The lowest BCUT2D eigenvalue weighted by Gasteiger charge is -2.07. The molecule has 3 aromatic rings. The second-order valence-corrected chi connectivity index (χ2v) is 6.84. The van der Waals surface area contributed by atoms with E-state index in [-0.39, 0.29) is 11.1 Å². The van der Waals surface area contributed by atoms with Crippen molar-refractivity contribution in [2.24, 2.45) is 0 Å². The molecule has 0 aliphatic heterocycles. The minimum atomic E-state index is -3.36. The number of hydrogen-bond donors (Lipinski definition) is 0. The fraction of sp³-hybridized carbons (Fsp3) is 0.250. The Morgan fingerprint density at radius 1 is 0.900 bits per heavy atom. The van der Waals surface area contributed by atoms with Crippen molar-refractivity contribution in [2.75, 3.05) is 0 Å². The summed E-state index contributed by atoms with van der Waals surface area (Å²) >= 11 is 0. The Morgan fingerprint density at radius 2 is 1.63 bits per heavy atom. The molecule has 0 heterocycles. The Bertz CT molecular complexity index is 1090. The van der Waals surface area contributed by atoms with Crippen LogP contribution in [0.2, 0.25) is 0 Å². The summed E-state index contributed by atoms with van der Waals surface area (Å²) in [6, 6.07) is 10.3. The smallest absolute Gasteiger partial charge is 0.387 e. The fourth-order valence-corrected chi connectivity index (χ4v) is 3.15. The number of benzene rings is 3. The second-order valence-electron chi connectivity index (χ2n) is 6.84. The first-order valence-corrected chi connectivity index (χ1v) is 9.56. The molecule has 30 heavy (non-hydrogen) atoms. The number of rotatable bonds is 6. The number of halogens is 5. The molecule has 6 heteroatoms. The number of hydrogen-bond acceptors (Lipinski definition) is 1. The van der Waals surface area contributed by atoms with Gasteiger partial charge < -0.3 is 4.74 Å². The summed E-state index contributed by atoms with van der Waals surface area (Å²) < 4.78 is 70.6. The SMILES string of the molecule is CCCCCc1ccc2c(F)c(C#Cc3cc(F)c(OC(F)F)c(F)c3)ccc2c1. The number of aryl methyl sites for hydroxylation is 1. The molecular formula is C24H19F5O. The van der Waals surface area contributed by atoms with Crippen LogP contribution in [-0.2, 0) is 6.42 Å². The maximum absolute atomic E-state index is 14.8. The van der Waals surface area contributed by atoms with Crippen LogP contribution in [0.3, 0.4) is 0 Å². The van der Waals surface area contributed by atoms with Gasteiger partial charge in [0.15, 0.2) is 17.4 Å². The van der Waals surface area contributed by atoms with Crippen molar-refractivity contribution < 1.29 is 26.7 Å². The molecule has 0 spiro atoms. The van der Waals surface area contributed by atoms with Crippen molar-refractivity contribution in [1.82, 2.24) is 0 Å². The van der Waals surface area contributed by atoms with Gasteiger partial charge in [0.05, 0.1) is 5.56 Å². The topological polar surface area (TPSA) is 9.23 Å². The minimum absolute atomic E-state index is 0.0648. The molecule has 3 aromatic carbocycles. The van der Waals surface area contributed by atoms with Gasteiger partial charge in [-0.2, -0.15) is 8.78 Å². The van der Waals surface area contributed by atoms with E-state index < -0.39 is 29.8 Å². The lowest BCUT2D eigenvalue weighted by molar-refractivity contribution is -0.0546. The fourth-order valence-electron chi connectivity index (χ4n) is 3.15. The van der Waals surface area contributed by atoms with Crippen LogP contribution < -0.4 is 4.74 Å². The van der Waals surface area contributed by atoms with E-state index in [2.05, 4.69) is 23.5 Å². The Balaban J connectivity index is 1.87. The molecular weight excluding hydrogens is 399 g/mol. The highest BCUT2D eigenvalue weighted by Gasteiger charge is 2.16. The molecule has 0 radical (unpaired) electrons. The Morgan fingerprint density at radius 3 is 2.30 bits per heavy atom. The summed E-state index contributed by atoms with van der Waals surface area (Å²) in [5.74, 6) is 0.677. The number of alkyl halides is 2. The first-order chi connectivity index (χ1) is 14.4. The highest BCUT2D eigenvalue weighted by Crippen LogP contribution is 2.26. The zero-order valence-electron chi connectivity index (χ0n) is 16.2. The predicted octanol–water partition coefficient (Wildman–Crippen LogP) is 6.99. The maximum Gasteiger partial charge on any atom is 0.387 e. The van der Waals surface area contributed by atoms with Gasteiger partial charge in [0.25, 0.3) is 0 Å². The summed E-state index contributed by atoms with van der Waals surface area (Å²) in [5.41, 5.74) is 1.07. The molecule has 3 rings (SSSR count). The second kappa shape index (κ2) is 9.62. The van der Waals surface area contributed by atoms with Crippen LogP contribution in [0.4, 0.5) is 22.0 Å². The molecule has 0 saturated heterocycles. The highest BCUT2D eigenvalue weighted by atomic mass is 19.3. The van der Waals surface area contributed by atoms with E-state index in [9.17, 15) is 22.0 Å². The van der Waals surface area contributed by atoms with Crippen LogP contribution in [0.15, 0.2) is 42.5 Å². The van der Waals surface area contributed by atoms with E-state index in [4.69, 9.17) is 0 Å². The van der Waals surface area contributed by atoms with E-state index in [0.717, 1.165) is 48.8 Å². The van der Waals surface area contributed by atoms with Crippen LogP contribution in [0.25, 0.3) is 10.8 Å². The largest absolute Gasteiger partial charge is 0.429 e. The first-order valence-electron chi connectivity index (χ1n) is 9.56. The van der Waals surface area contributed by atoms with Crippen molar-refractivity contribution in [3.8, 4) is 17.6 Å². The van der Waals surface area contributed by atoms with E-state index in [0.29, 0.717) is 5.39 Å². The normalized spacial score (nSPS) is 10.9. The van der Waals surface area contributed by atoms with Gasteiger partial charge in [-0.1, -0.05) is 55.9 Å². The van der Waals surface area contributed by atoms with E-state index in [1.165, 1.54) is 6.07 Å². The zero-order chi connectivity index (χ0) is 21.7. The van der Waals surface area contributed by atoms with Crippen LogP contribution in [0.5, 0.6) is 5.75 Å². The molecule has 0 saturated carbocycles. The van der Waals surface area contributed by atoms with Crippen LogP contribution in [0, 0.1) is 29.3 Å². The molecule has 0 unspecified atom stereocenters. The Hall–Kier alpha value is -3.07. The Labute approximate surface area is 171 Å². The number of ether oxygens (including phenoxy) is 1. The van der Waals surface area contributed by atoms with Gasteiger partial charge in [-0.15, -0.1) is 0 Å². The van der Waals surface area contributed by atoms with Crippen molar-refractivity contribution >= 4 is 10.8 Å². The number of fused-ring (bicyclic) bond motifs is 1. The molecule has 0 aliphatic carbocycles. The third kappa shape index (κ3) is 5.10. The molecule has 0 amide bonds. The van der Waals surface area contributed by atoms with Crippen molar-refractivity contribution in [1.29, 1.82) is 0 Å². The van der Waals surface area contributed by atoms with E-state index in [1.54, 1.807) is 12.1 Å². The van der Waals surface area contributed by atoms with Gasteiger partial charge in [-0.05, 0) is 42.0 Å². The van der Waals surface area contributed by atoms with Gasteiger partial charge in [-0.3, -0.25) is 0 Å². The summed E-state index contributed by atoms with van der Waals surface area (Å²) in [7, 11) is 0. The maximum atomic E-state index is 14.8. The molecule has 0 atom stereocenters.